The van der Waals surface area contributed by atoms with Crippen LogP contribution < -0.4 is 5.49 Å². The first-order valence-electron chi connectivity index (χ1n) is 7.04. The normalized spacial score (nSPS) is 18.4. The van der Waals surface area contributed by atoms with Crippen molar-refractivity contribution in [2.75, 3.05) is 14.1 Å². The Balaban J connectivity index is 2.50. The van der Waals surface area contributed by atoms with Crippen molar-refractivity contribution in [2.45, 2.75) is 13.8 Å². The SMILES string of the molecule is CC(=O)N=C1C=C(N(C)C)C=C/C1=N\N=c1/c(C)cccn1O. The molecule has 0 saturated heterocycles. The number of hydrogen-bond acceptors (Lipinski definition) is 5. The molecule has 1 aromatic heterocycles. The van der Waals surface area contributed by atoms with Gasteiger partial charge in [0, 0.05) is 32.9 Å². The Kier molecular flexibility index (Phi) is 4.90. The lowest BCUT2D eigenvalue weighted by Gasteiger charge is -2.17. The second-order valence-corrected chi connectivity index (χ2v) is 5.26. The first kappa shape index (κ1) is 16.4. The Labute approximate surface area is 134 Å². The van der Waals surface area contributed by atoms with E-state index in [4.69, 9.17) is 0 Å². The zero-order valence-electron chi connectivity index (χ0n) is 13.6. The minimum absolute atomic E-state index is 0.314. The van der Waals surface area contributed by atoms with Gasteiger partial charge in [0.1, 0.15) is 5.71 Å². The van der Waals surface area contributed by atoms with Crippen molar-refractivity contribution in [3.8, 4) is 0 Å². The molecular formula is C16H19N5O2. The molecule has 1 aliphatic carbocycles. The van der Waals surface area contributed by atoms with E-state index >= 15 is 0 Å². The highest BCUT2D eigenvalue weighted by Crippen LogP contribution is 2.09. The van der Waals surface area contributed by atoms with Crippen LogP contribution >= 0.6 is 0 Å². The van der Waals surface area contributed by atoms with E-state index in [2.05, 4.69) is 15.2 Å². The third-order valence-corrected chi connectivity index (χ3v) is 3.15. The highest BCUT2D eigenvalue weighted by atomic mass is 16.5. The molecule has 1 heterocycles. The molecule has 1 aliphatic rings. The van der Waals surface area contributed by atoms with Gasteiger partial charge in [0.15, 0.2) is 5.49 Å². The number of aromatic nitrogens is 1. The number of likely N-dealkylation sites (N-methyl/N-ethyl adjacent to an activating group) is 1. The molecule has 0 saturated carbocycles. The summed E-state index contributed by atoms with van der Waals surface area (Å²) in [6.45, 7) is 3.20. The maximum absolute atomic E-state index is 11.3. The molecule has 2 rings (SSSR count). The van der Waals surface area contributed by atoms with Crippen LogP contribution in [0.4, 0.5) is 0 Å². The standard InChI is InChI=1S/C16H19N5O2/c1-11-6-5-9-21(23)16(11)19-18-14-8-7-13(20(3)4)10-15(14)17-12(2)22/h5-10,23H,1-4H3/b17-15?,18-14+,19-16+. The molecule has 7 heteroatoms. The summed E-state index contributed by atoms with van der Waals surface area (Å²) in [6, 6.07) is 3.52. The van der Waals surface area contributed by atoms with Crippen molar-refractivity contribution in [3.05, 3.63) is 53.3 Å². The second kappa shape index (κ2) is 6.87. The molecular weight excluding hydrogens is 294 g/mol. The zero-order valence-corrected chi connectivity index (χ0v) is 13.6. The van der Waals surface area contributed by atoms with Gasteiger partial charge in [-0.1, -0.05) is 6.07 Å². The Hall–Kier alpha value is -2.96. The van der Waals surface area contributed by atoms with Crippen LogP contribution in [0.1, 0.15) is 12.5 Å². The molecule has 1 N–H and O–H groups in total. The number of amides is 1. The first-order valence-corrected chi connectivity index (χ1v) is 7.04. The van der Waals surface area contributed by atoms with E-state index in [0.717, 1.165) is 16.0 Å². The monoisotopic (exact) mass is 313 g/mol. The zero-order chi connectivity index (χ0) is 17.0. The summed E-state index contributed by atoms with van der Waals surface area (Å²) in [5.74, 6) is -0.314. The molecule has 0 unspecified atom stereocenters. The van der Waals surface area contributed by atoms with Crippen molar-refractivity contribution in [2.24, 2.45) is 15.2 Å². The summed E-state index contributed by atoms with van der Waals surface area (Å²) >= 11 is 0. The van der Waals surface area contributed by atoms with Gasteiger partial charge in [-0.15, -0.1) is 10.2 Å². The van der Waals surface area contributed by atoms with Crippen molar-refractivity contribution in [1.82, 2.24) is 9.63 Å². The molecule has 0 atom stereocenters. The number of nitrogens with zero attached hydrogens (tertiary/aromatic N) is 5. The summed E-state index contributed by atoms with van der Waals surface area (Å²) in [7, 11) is 3.80. The maximum Gasteiger partial charge on any atom is 0.243 e. The average molecular weight is 313 g/mol. The minimum atomic E-state index is -0.314. The van der Waals surface area contributed by atoms with Gasteiger partial charge in [0.25, 0.3) is 0 Å². The van der Waals surface area contributed by atoms with Crippen LogP contribution in [-0.2, 0) is 4.79 Å². The third kappa shape index (κ3) is 4.03. The van der Waals surface area contributed by atoms with Crippen LogP contribution in [-0.4, -0.2) is 46.3 Å². The summed E-state index contributed by atoms with van der Waals surface area (Å²) in [4.78, 5) is 17.2. The Morgan fingerprint density at radius 1 is 1.22 bits per heavy atom. The van der Waals surface area contributed by atoms with Gasteiger partial charge in [-0.25, -0.2) is 4.99 Å². The van der Waals surface area contributed by atoms with Crippen molar-refractivity contribution >= 4 is 17.3 Å². The lowest BCUT2D eigenvalue weighted by molar-refractivity contribution is -0.115. The third-order valence-electron chi connectivity index (χ3n) is 3.15. The van der Waals surface area contributed by atoms with E-state index < -0.39 is 0 Å². The first-order chi connectivity index (χ1) is 10.9. The number of hydrogen-bond donors (Lipinski definition) is 1. The van der Waals surface area contributed by atoms with E-state index in [-0.39, 0.29) is 5.91 Å². The number of carbonyl (C=O) groups excluding carboxylic acids is 1. The Morgan fingerprint density at radius 2 is 1.96 bits per heavy atom. The summed E-state index contributed by atoms with van der Waals surface area (Å²) < 4.78 is 0.898. The number of allylic oxidation sites excluding steroid dienone is 3. The molecule has 0 aromatic carbocycles. The summed E-state index contributed by atoms with van der Waals surface area (Å²) in [5.41, 5.74) is 2.88. The largest absolute Gasteiger partial charge is 0.427 e. The van der Waals surface area contributed by atoms with Gasteiger partial charge >= 0.3 is 0 Å². The number of aryl methyl sites for hydroxylation is 1. The van der Waals surface area contributed by atoms with Crippen molar-refractivity contribution in [1.29, 1.82) is 0 Å². The fraction of sp³-hybridized carbons (Fsp3) is 0.250. The van der Waals surface area contributed by atoms with E-state index in [9.17, 15) is 10.0 Å². The van der Waals surface area contributed by atoms with Crippen LogP contribution in [0.25, 0.3) is 0 Å². The molecule has 120 valence electrons. The van der Waals surface area contributed by atoms with Crippen molar-refractivity contribution < 1.29 is 10.0 Å². The predicted molar refractivity (Wildman–Crippen MR) is 88.4 cm³/mol. The molecule has 0 spiro atoms. The van der Waals surface area contributed by atoms with E-state index in [0.29, 0.717) is 16.9 Å². The van der Waals surface area contributed by atoms with Gasteiger partial charge < -0.3 is 10.1 Å². The molecule has 7 nitrogen and oxygen atoms in total. The van der Waals surface area contributed by atoms with Crippen LogP contribution in [0, 0.1) is 6.92 Å². The molecule has 0 fully saturated rings. The lowest BCUT2D eigenvalue weighted by atomic mass is 10.1. The topological polar surface area (TPSA) is 82.5 Å². The Morgan fingerprint density at radius 3 is 2.57 bits per heavy atom. The molecule has 0 radical (unpaired) electrons. The summed E-state index contributed by atoms with van der Waals surface area (Å²) in [5, 5.41) is 18.0. The second-order valence-electron chi connectivity index (χ2n) is 5.26. The van der Waals surface area contributed by atoms with Gasteiger partial charge in [0.05, 0.1) is 5.71 Å². The highest BCUT2D eigenvalue weighted by molar-refractivity contribution is 6.52. The smallest absolute Gasteiger partial charge is 0.243 e. The van der Waals surface area contributed by atoms with E-state index in [1.165, 1.54) is 13.1 Å². The van der Waals surface area contributed by atoms with Crippen LogP contribution in [0.15, 0.2) is 57.4 Å². The number of aliphatic imine (C=N–C) groups is 1. The van der Waals surface area contributed by atoms with Gasteiger partial charge in [-0.05, 0) is 36.8 Å². The van der Waals surface area contributed by atoms with Gasteiger partial charge in [0.2, 0.25) is 5.91 Å². The average Bonchev–Trinajstić information content (AvgIpc) is 2.47. The Bertz CT molecular complexity index is 787. The minimum Gasteiger partial charge on any atom is -0.427 e. The van der Waals surface area contributed by atoms with Crippen molar-refractivity contribution in [3.63, 3.8) is 0 Å². The fourth-order valence-corrected chi connectivity index (χ4v) is 1.95. The number of rotatable bonds is 2. The number of carbonyl (C=O) groups is 1. The predicted octanol–water partition coefficient (Wildman–Crippen LogP) is 1.29. The molecule has 1 amide bonds. The lowest BCUT2D eigenvalue weighted by Crippen LogP contribution is -2.22. The van der Waals surface area contributed by atoms with Gasteiger partial charge in [-0.2, -0.15) is 4.73 Å². The van der Waals surface area contributed by atoms with E-state index in [1.807, 2.05) is 38.1 Å². The van der Waals surface area contributed by atoms with Crippen LogP contribution in [0.5, 0.6) is 0 Å². The van der Waals surface area contributed by atoms with Crippen LogP contribution in [0.3, 0.4) is 0 Å². The fourth-order valence-electron chi connectivity index (χ4n) is 1.95. The molecule has 1 aromatic rings. The molecule has 23 heavy (non-hydrogen) atoms. The van der Waals surface area contributed by atoms with Gasteiger partial charge in [-0.3, -0.25) is 4.79 Å². The summed E-state index contributed by atoms with van der Waals surface area (Å²) in [6.07, 6.45) is 6.83. The maximum atomic E-state index is 11.3. The number of pyridine rings is 1. The molecule has 0 aliphatic heterocycles. The highest BCUT2D eigenvalue weighted by Gasteiger charge is 2.12. The van der Waals surface area contributed by atoms with Crippen LogP contribution in [0.2, 0.25) is 0 Å². The molecule has 0 bridgehead atoms. The quantitative estimate of drug-likeness (QED) is 0.507. The van der Waals surface area contributed by atoms with E-state index in [1.54, 1.807) is 18.2 Å².